The number of fused-ring (bicyclic) bond motifs is 2. The Balaban J connectivity index is 1.49. The van der Waals surface area contributed by atoms with Gasteiger partial charge in [0.25, 0.3) is 0 Å². The number of rotatable bonds is 2. The first-order valence-electron chi connectivity index (χ1n) is 9.41. The Morgan fingerprint density at radius 1 is 1.21 bits per heavy atom. The SMILES string of the molecule is Cc1nc(C2CNC2)cc2c1OCc1c(ncnc1N1CCS(=O)(=O)CC1)N2. The molecule has 9 nitrogen and oxygen atoms in total. The third-order valence-electron chi connectivity index (χ3n) is 5.54. The predicted octanol–water partition coefficient (Wildman–Crippen LogP) is 0.738. The van der Waals surface area contributed by atoms with E-state index in [1.807, 2.05) is 17.9 Å². The van der Waals surface area contributed by atoms with Gasteiger partial charge >= 0.3 is 0 Å². The molecule has 2 aromatic rings. The molecule has 2 N–H and O–H groups in total. The second kappa shape index (κ2) is 6.56. The van der Waals surface area contributed by atoms with Crippen LogP contribution in [0.3, 0.4) is 0 Å². The molecule has 5 rings (SSSR count). The van der Waals surface area contributed by atoms with Crippen molar-refractivity contribution in [2.45, 2.75) is 19.4 Å². The van der Waals surface area contributed by atoms with Crippen molar-refractivity contribution in [2.75, 3.05) is 47.9 Å². The summed E-state index contributed by atoms with van der Waals surface area (Å²) in [5.74, 6) is 2.85. The highest BCUT2D eigenvalue weighted by Crippen LogP contribution is 2.39. The third kappa shape index (κ3) is 3.06. The maximum Gasteiger partial charge on any atom is 0.164 e. The van der Waals surface area contributed by atoms with Crippen LogP contribution in [0, 0.1) is 6.92 Å². The van der Waals surface area contributed by atoms with Gasteiger partial charge in [0.2, 0.25) is 0 Å². The summed E-state index contributed by atoms with van der Waals surface area (Å²) in [4.78, 5) is 15.6. The molecule has 0 bridgehead atoms. The molecule has 148 valence electrons. The molecule has 5 heterocycles. The summed E-state index contributed by atoms with van der Waals surface area (Å²) >= 11 is 0. The Labute approximate surface area is 163 Å². The molecule has 28 heavy (non-hydrogen) atoms. The molecule has 0 atom stereocenters. The van der Waals surface area contributed by atoms with Gasteiger partial charge in [-0.25, -0.2) is 18.4 Å². The summed E-state index contributed by atoms with van der Waals surface area (Å²) in [5.41, 5.74) is 3.59. The zero-order valence-electron chi connectivity index (χ0n) is 15.6. The Kier molecular flexibility index (Phi) is 4.13. The minimum absolute atomic E-state index is 0.141. The Bertz CT molecular complexity index is 1020. The summed E-state index contributed by atoms with van der Waals surface area (Å²) in [5, 5.41) is 6.68. The van der Waals surface area contributed by atoms with E-state index in [-0.39, 0.29) is 11.5 Å². The molecule has 0 aromatic carbocycles. The molecule has 0 unspecified atom stereocenters. The molecule has 0 amide bonds. The van der Waals surface area contributed by atoms with Gasteiger partial charge in [0.1, 0.15) is 24.6 Å². The Hall–Kier alpha value is -2.46. The zero-order valence-corrected chi connectivity index (χ0v) is 16.4. The number of sulfone groups is 1. The molecule has 3 aliphatic rings. The van der Waals surface area contributed by atoms with Crippen LogP contribution in [-0.4, -0.2) is 61.1 Å². The third-order valence-corrected chi connectivity index (χ3v) is 7.15. The molecule has 0 saturated carbocycles. The van der Waals surface area contributed by atoms with Crippen LogP contribution in [0.5, 0.6) is 5.75 Å². The van der Waals surface area contributed by atoms with Crippen molar-refractivity contribution < 1.29 is 13.2 Å². The molecule has 0 spiro atoms. The molecule has 3 aliphatic heterocycles. The van der Waals surface area contributed by atoms with Crippen LogP contribution in [0.2, 0.25) is 0 Å². The number of aromatic nitrogens is 3. The van der Waals surface area contributed by atoms with E-state index in [2.05, 4.69) is 20.6 Å². The molecule has 2 fully saturated rings. The van der Waals surface area contributed by atoms with Crippen LogP contribution in [0.4, 0.5) is 17.3 Å². The average Bonchev–Trinajstić information content (AvgIpc) is 2.79. The fourth-order valence-electron chi connectivity index (χ4n) is 3.78. The maximum absolute atomic E-state index is 11.8. The van der Waals surface area contributed by atoms with Crippen molar-refractivity contribution in [2.24, 2.45) is 0 Å². The van der Waals surface area contributed by atoms with Crippen LogP contribution < -0.4 is 20.3 Å². The first-order valence-corrected chi connectivity index (χ1v) is 11.2. The highest BCUT2D eigenvalue weighted by molar-refractivity contribution is 7.91. The highest BCUT2D eigenvalue weighted by atomic mass is 32.2. The zero-order chi connectivity index (χ0) is 19.3. The van der Waals surface area contributed by atoms with Gasteiger partial charge in [0.15, 0.2) is 15.6 Å². The van der Waals surface area contributed by atoms with Crippen LogP contribution in [-0.2, 0) is 16.4 Å². The molecular weight excluding hydrogens is 380 g/mol. The van der Waals surface area contributed by atoms with E-state index in [1.54, 1.807) is 0 Å². The van der Waals surface area contributed by atoms with Crippen molar-refractivity contribution in [1.82, 2.24) is 20.3 Å². The topological polar surface area (TPSA) is 109 Å². The quantitative estimate of drug-likeness (QED) is 0.751. The van der Waals surface area contributed by atoms with Gasteiger partial charge in [0.05, 0.1) is 28.5 Å². The van der Waals surface area contributed by atoms with Crippen LogP contribution in [0.1, 0.15) is 22.9 Å². The number of hydrogen-bond acceptors (Lipinski definition) is 9. The van der Waals surface area contributed by atoms with E-state index in [0.29, 0.717) is 31.4 Å². The lowest BCUT2D eigenvalue weighted by Gasteiger charge is -2.29. The Morgan fingerprint density at radius 3 is 2.71 bits per heavy atom. The van der Waals surface area contributed by atoms with E-state index in [0.717, 1.165) is 47.3 Å². The number of anilines is 3. The van der Waals surface area contributed by atoms with Crippen LogP contribution in [0.15, 0.2) is 12.4 Å². The van der Waals surface area contributed by atoms with E-state index in [4.69, 9.17) is 9.72 Å². The van der Waals surface area contributed by atoms with Crippen molar-refractivity contribution in [3.8, 4) is 5.75 Å². The summed E-state index contributed by atoms with van der Waals surface area (Å²) in [6, 6.07) is 2.04. The standard InChI is InChI=1S/C18H22N6O3S/c1-11-16-15(6-14(22-11)12-7-19-8-12)23-17-13(9-27-16)18(21-10-20-17)24-2-4-28(25,26)5-3-24/h6,10,12,19H,2-5,7-9H2,1H3,(H,20,21,23). The molecule has 0 radical (unpaired) electrons. The largest absolute Gasteiger partial charge is 0.485 e. The van der Waals surface area contributed by atoms with E-state index >= 15 is 0 Å². The molecule has 2 aromatic heterocycles. The van der Waals surface area contributed by atoms with Crippen molar-refractivity contribution in [1.29, 1.82) is 0 Å². The maximum atomic E-state index is 11.8. The van der Waals surface area contributed by atoms with Crippen molar-refractivity contribution in [3.05, 3.63) is 29.3 Å². The summed E-state index contributed by atoms with van der Waals surface area (Å²) in [7, 11) is -2.96. The summed E-state index contributed by atoms with van der Waals surface area (Å²) in [6.07, 6.45) is 1.51. The second-order valence-electron chi connectivity index (χ2n) is 7.44. The van der Waals surface area contributed by atoms with Gasteiger partial charge in [-0.15, -0.1) is 0 Å². The minimum Gasteiger partial charge on any atom is -0.485 e. The molecule has 10 heteroatoms. The number of ether oxygens (including phenoxy) is 1. The lowest BCUT2D eigenvalue weighted by Crippen LogP contribution is -2.41. The lowest BCUT2D eigenvalue weighted by molar-refractivity contribution is 0.306. The highest BCUT2D eigenvalue weighted by Gasteiger charge is 2.29. The minimum atomic E-state index is -2.96. The van der Waals surface area contributed by atoms with Gasteiger partial charge in [-0.2, -0.15) is 0 Å². The monoisotopic (exact) mass is 402 g/mol. The smallest absolute Gasteiger partial charge is 0.164 e. The number of aryl methyl sites for hydroxylation is 1. The normalized spacial score (nSPS) is 20.8. The first-order chi connectivity index (χ1) is 13.5. The number of nitrogens with zero attached hydrogens (tertiary/aromatic N) is 4. The number of nitrogens with one attached hydrogen (secondary N) is 2. The first kappa shape index (κ1) is 17.6. The van der Waals surface area contributed by atoms with E-state index in [1.165, 1.54) is 6.33 Å². The fourth-order valence-corrected chi connectivity index (χ4v) is 4.98. The van der Waals surface area contributed by atoms with Crippen molar-refractivity contribution in [3.63, 3.8) is 0 Å². The average molecular weight is 402 g/mol. The van der Waals surface area contributed by atoms with E-state index in [9.17, 15) is 8.42 Å². The van der Waals surface area contributed by atoms with Gasteiger partial charge < -0.3 is 20.3 Å². The van der Waals surface area contributed by atoms with Crippen molar-refractivity contribution >= 4 is 27.2 Å². The molecular formula is C18H22N6O3S. The summed E-state index contributed by atoms with van der Waals surface area (Å²) in [6.45, 7) is 4.99. The summed E-state index contributed by atoms with van der Waals surface area (Å²) < 4.78 is 29.6. The predicted molar refractivity (Wildman–Crippen MR) is 105 cm³/mol. The molecule has 2 saturated heterocycles. The van der Waals surface area contributed by atoms with E-state index < -0.39 is 9.84 Å². The lowest BCUT2D eigenvalue weighted by atomic mass is 9.98. The fraction of sp³-hybridized carbons (Fsp3) is 0.500. The van der Waals surface area contributed by atoms with Gasteiger partial charge in [-0.05, 0) is 13.0 Å². The number of hydrogen-bond donors (Lipinski definition) is 2. The number of pyridine rings is 1. The van der Waals surface area contributed by atoms with Crippen LogP contribution >= 0.6 is 0 Å². The van der Waals surface area contributed by atoms with Gasteiger partial charge in [-0.1, -0.05) is 0 Å². The van der Waals surface area contributed by atoms with Crippen LogP contribution in [0.25, 0.3) is 0 Å². The van der Waals surface area contributed by atoms with Gasteiger partial charge in [0, 0.05) is 37.8 Å². The second-order valence-corrected chi connectivity index (χ2v) is 9.75. The Morgan fingerprint density at radius 2 is 2.00 bits per heavy atom. The van der Waals surface area contributed by atoms with Gasteiger partial charge in [-0.3, -0.25) is 4.98 Å². The molecule has 0 aliphatic carbocycles.